The number of allylic oxidation sites excluding steroid dienone is 1. The molecule has 0 radical (unpaired) electrons. The lowest BCUT2D eigenvalue weighted by Crippen LogP contribution is -2.07. The smallest absolute Gasteiger partial charge is 0.338 e. The third-order valence-electron chi connectivity index (χ3n) is 2.11. The largest absolute Gasteiger partial charge is 0.478 e. The molecule has 5 nitrogen and oxygen atoms in total. The lowest BCUT2D eigenvalue weighted by atomic mass is 10.1. The number of nitriles is 1. The Kier molecular flexibility index (Phi) is 4.61. The predicted octanol–water partition coefficient (Wildman–Crippen LogP) is 2.16. The number of esters is 1. The fourth-order valence-electron chi connectivity index (χ4n) is 1.20. The number of aliphatic carboxylic acids is 1. The van der Waals surface area contributed by atoms with Crippen LogP contribution in [0, 0.1) is 11.3 Å². The summed E-state index contributed by atoms with van der Waals surface area (Å²) in [6.07, 6.45) is 0.814. The third-order valence-corrected chi connectivity index (χ3v) is 2.11. The summed E-state index contributed by atoms with van der Waals surface area (Å²) in [7, 11) is 0. The van der Waals surface area contributed by atoms with Gasteiger partial charge in [-0.2, -0.15) is 5.26 Å². The highest BCUT2D eigenvalue weighted by molar-refractivity contribution is 5.94. The monoisotopic (exact) mass is 257 g/mol. The van der Waals surface area contributed by atoms with E-state index in [4.69, 9.17) is 15.1 Å². The first-order valence-corrected chi connectivity index (χ1v) is 5.27. The molecule has 5 heteroatoms. The molecule has 0 spiro atoms. The van der Waals surface area contributed by atoms with E-state index in [-0.39, 0.29) is 11.1 Å². The summed E-state index contributed by atoms with van der Waals surface area (Å²) in [5, 5.41) is 17.4. The van der Waals surface area contributed by atoms with E-state index in [0.717, 1.165) is 6.08 Å². The molecule has 0 aromatic heterocycles. The van der Waals surface area contributed by atoms with Crippen molar-refractivity contribution in [2.24, 2.45) is 0 Å². The van der Waals surface area contributed by atoms with E-state index in [2.05, 4.69) is 6.58 Å². The Morgan fingerprint density at radius 1 is 1.37 bits per heavy atom. The lowest BCUT2D eigenvalue weighted by Gasteiger charge is -2.04. The maximum Gasteiger partial charge on any atom is 0.338 e. The van der Waals surface area contributed by atoms with E-state index in [1.165, 1.54) is 31.2 Å². The zero-order valence-corrected chi connectivity index (χ0v) is 10.2. The van der Waals surface area contributed by atoms with Gasteiger partial charge in [-0.25, -0.2) is 9.59 Å². The van der Waals surface area contributed by atoms with E-state index in [1.54, 1.807) is 6.07 Å². The molecule has 1 aromatic rings. The molecule has 0 saturated heterocycles. The molecule has 1 aromatic carbocycles. The van der Waals surface area contributed by atoms with Crippen LogP contribution in [0.4, 0.5) is 0 Å². The zero-order chi connectivity index (χ0) is 14.4. The van der Waals surface area contributed by atoms with Gasteiger partial charge in [0, 0.05) is 11.6 Å². The summed E-state index contributed by atoms with van der Waals surface area (Å²) < 4.78 is 4.97. The highest BCUT2D eigenvalue weighted by Crippen LogP contribution is 2.19. The van der Waals surface area contributed by atoms with Gasteiger partial charge in [0.1, 0.15) is 11.8 Å². The lowest BCUT2D eigenvalue weighted by molar-refractivity contribution is -0.131. The molecule has 0 amide bonds. The Balaban J connectivity index is 2.94. The molecule has 0 saturated carbocycles. The summed E-state index contributed by atoms with van der Waals surface area (Å²) in [5.41, 5.74) is 0.720. The van der Waals surface area contributed by atoms with Crippen molar-refractivity contribution in [2.75, 3.05) is 0 Å². The highest BCUT2D eigenvalue weighted by atomic mass is 16.5. The minimum Gasteiger partial charge on any atom is -0.478 e. The Labute approximate surface area is 110 Å². The fourth-order valence-corrected chi connectivity index (χ4v) is 1.20. The Bertz CT molecular complexity index is 591. The second-order valence-electron chi connectivity index (χ2n) is 3.70. The zero-order valence-electron chi connectivity index (χ0n) is 10.2. The molecule has 0 fully saturated rings. The molecule has 96 valence electrons. The van der Waals surface area contributed by atoms with Crippen molar-refractivity contribution in [3.8, 4) is 11.8 Å². The Morgan fingerprint density at radius 3 is 2.37 bits per heavy atom. The fraction of sp³-hybridized carbons (Fsp3) is 0.0714. The molecule has 0 aliphatic heterocycles. The second kappa shape index (κ2) is 6.17. The van der Waals surface area contributed by atoms with Crippen LogP contribution in [0.1, 0.15) is 12.5 Å². The highest BCUT2D eigenvalue weighted by Gasteiger charge is 2.07. The molecule has 0 aliphatic rings. The van der Waals surface area contributed by atoms with Crippen molar-refractivity contribution >= 4 is 17.5 Å². The summed E-state index contributed by atoms with van der Waals surface area (Å²) in [6, 6.07) is 7.74. The quantitative estimate of drug-likeness (QED) is 0.386. The Morgan fingerprint density at radius 2 is 1.95 bits per heavy atom. The van der Waals surface area contributed by atoms with Crippen LogP contribution < -0.4 is 4.74 Å². The topological polar surface area (TPSA) is 87.4 Å². The SMILES string of the molecule is C=C(C)C(=O)Oc1ccc(C(C#N)=CC(=O)O)cc1. The molecule has 0 bridgehead atoms. The van der Waals surface area contributed by atoms with Gasteiger partial charge in [0.2, 0.25) is 0 Å². The van der Waals surface area contributed by atoms with Crippen molar-refractivity contribution < 1.29 is 19.4 Å². The number of carboxylic acid groups (broad SMARTS) is 1. The average Bonchev–Trinajstić information content (AvgIpc) is 2.36. The van der Waals surface area contributed by atoms with Crippen molar-refractivity contribution in [1.82, 2.24) is 0 Å². The second-order valence-corrected chi connectivity index (χ2v) is 3.70. The number of carbonyl (C=O) groups is 2. The van der Waals surface area contributed by atoms with Crippen LogP contribution in [0.15, 0.2) is 42.5 Å². The molecular formula is C14H11NO4. The number of benzene rings is 1. The van der Waals surface area contributed by atoms with E-state index < -0.39 is 11.9 Å². The van der Waals surface area contributed by atoms with Crippen LogP contribution in [-0.4, -0.2) is 17.0 Å². The molecule has 19 heavy (non-hydrogen) atoms. The van der Waals surface area contributed by atoms with Crippen LogP contribution in [0.5, 0.6) is 5.75 Å². The third kappa shape index (κ3) is 4.13. The average molecular weight is 257 g/mol. The normalized spacial score (nSPS) is 10.4. The van der Waals surface area contributed by atoms with Crippen molar-refractivity contribution in [3.63, 3.8) is 0 Å². The van der Waals surface area contributed by atoms with Crippen LogP contribution in [0.3, 0.4) is 0 Å². The van der Waals surface area contributed by atoms with Crippen LogP contribution in [0.2, 0.25) is 0 Å². The Hall–Kier alpha value is -2.87. The van der Waals surface area contributed by atoms with Gasteiger partial charge in [-0.15, -0.1) is 0 Å². The summed E-state index contributed by atoms with van der Waals surface area (Å²) in [6.45, 7) is 4.98. The van der Waals surface area contributed by atoms with Crippen molar-refractivity contribution in [2.45, 2.75) is 6.92 Å². The predicted molar refractivity (Wildman–Crippen MR) is 68.1 cm³/mol. The molecule has 0 heterocycles. The number of carboxylic acids is 1. The number of hydrogen-bond donors (Lipinski definition) is 1. The minimum absolute atomic E-state index is 0.0188. The number of nitrogens with zero attached hydrogens (tertiary/aromatic N) is 1. The molecular weight excluding hydrogens is 246 g/mol. The minimum atomic E-state index is -1.20. The van der Waals surface area contributed by atoms with Crippen LogP contribution >= 0.6 is 0 Å². The van der Waals surface area contributed by atoms with Gasteiger partial charge in [0.05, 0.1) is 5.57 Å². The van der Waals surface area contributed by atoms with Gasteiger partial charge >= 0.3 is 11.9 Å². The summed E-state index contributed by atoms with van der Waals surface area (Å²) in [4.78, 5) is 21.8. The van der Waals surface area contributed by atoms with Gasteiger partial charge in [0.25, 0.3) is 0 Å². The summed E-state index contributed by atoms with van der Waals surface area (Å²) >= 11 is 0. The maximum absolute atomic E-state index is 11.3. The number of hydrogen-bond acceptors (Lipinski definition) is 4. The molecule has 1 N–H and O–H groups in total. The standard InChI is InChI=1S/C14H11NO4/c1-9(2)14(18)19-12-5-3-10(4-6-12)11(8-15)7-13(16)17/h3-7H,1H2,2H3,(H,16,17). The van der Waals surface area contributed by atoms with Crippen molar-refractivity contribution in [1.29, 1.82) is 5.26 Å². The molecule has 0 unspecified atom stereocenters. The maximum atomic E-state index is 11.3. The number of ether oxygens (including phenoxy) is 1. The van der Waals surface area contributed by atoms with E-state index in [9.17, 15) is 9.59 Å². The molecule has 0 aliphatic carbocycles. The van der Waals surface area contributed by atoms with Gasteiger partial charge in [0.15, 0.2) is 0 Å². The van der Waals surface area contributed by atoms with Crippen molar-refractivity contribution in [3.05, 3.63) is 48.1 Å². The first kappa shape index (κ1) is 14.2. The van der Waals surface area contributed by atoms with Gasteiger partial charge in [-0.05, 0) is 36.8 Å². The first-order valence-electron chi connectivity index (χ1n) is 5.27. The van der Waals surface area contributed by atoms with E-state index >= 15 is 0 Å². The van der Waals surface area contributed by atoms with E-state index in [1.807, 2.05) is 0 Å². The van der Waals surface area contributed by atoms with Crippen LogP contribution in [0.25, 0.3) is 5.57 Å². The van der Waals surface area contributed by atoms with E-state index in [0.29, 0.717) is 11.3 Å². The van der Waals surface area contributed by atoms with Gasteiger partial charge in [-0.1, -0.05) is 6.58 Å². The van der Waals surface area contributed by atoms with Crippen LogP contribution in [-0.2, 0) is 9.59 Å². The molecule has 0 atom stereocenters. The molecule has 1 rings (SSSR count). The summed E-state index contributed by atoms with van der Waals surface area (Å²) in [5.74, 6) is -1.45. The van der Waals surface area contributed by atoms with Gasteiger partial charge in [-0.3, -0.25) is 0 Å². The van der Waals surface area contributed by atoms with Gasteiger partial charge < -0.3 is 9.84 Å². The first-order chi connectivity index (χ1) is 8.93. The number of rotatable bonds is 4. The number of carbonyl (C=O) groups excluding carboxylic acids is 1.